The summed E-state index contributed by atoms with van der Waals surface area (Å²) in [4.78, 5) is 28.5. The predicted molar refractivity (Wildman–Crippen MR) is 124 cm³/mol. The molecule has 1 heterocycles. The highest BCUT2D eigenvalue weighted by Crippen LogP contribution is 2.31. The number of methoxy groups -OCH3 is 1. The molecule has 0 saturated carbocycles. The molecule has 12 heteroatoms. The number of non-ortho nitro benzene ring substituents is 1. The molecule has 0 saturated heterocycles. The second-order valence-corrected chi connectivity index (χ2v) is 10.1. The van der Waals surface area contributed by atoms with E-state index < -0.39 is 20.9 Å². The van der Waals surface area contributed by atoms with Gasteiger partial charge in [0.15, 0.2) is 5.13 Å². The summed E-state index contributed by atoms with van der Waals surface area (Å²) in [6.45, 7) is 0. The van der Waals surface area contributed by atoms with Crippen LogP contribution in [0.2, 0.25) is 0 Å². The van der Waals surface area contributed by atoms with E-state index in [1.165, 1.54) is 59.7 Å². The number of amides is 1. The van der Waals surface area contributed by atoms with Gasteiger partial charge in [0.2, 0.25) is 0 Å². The Balaban J connectivity index is 1.50. The van der Waals surface area contributed by atoms with Crippen LogP contribution in [-0.4, -0.2) is 31.3 Å². The number of fused-ring (bicyclic) bond motifs is 1. The zero-order chi connectivity index (χ0) is 23.6. The minimum atomic E-state index is -4.09. The van der Waals surface area contributed by atoms with Crippen LogP contribution in [0, 0.1) is 10.1 Å². The molecule has 4 rings (SSSR count). The van der Waals surface area contributed by atoms with Crippen molar-refractivity contribution < 1.29 is 22.9 Å². The average molecular weight is 489 g/mol. The number of anilines is 2. The van der Waals surface area contributed by atoms with Gasteiger partial charge in [-0.25, -0.2) is 13.4 Å². The summed E-state index contributed by atoms with van der Waals surface area (Å²) in [5, 5.41) is 14.3. The van der Waals surface area contributed by atoms with Gasteiger partial charge in [-0.2, -0.15) is 0 Å². The summed E-state index contributed by atoms with van der Waals surface area (Å²) in [7, 11) is -2.76. The second-order valence-electron chi connectivity index (χ2n) is 7.32. The first-order valence-electron chi connectivity index (χ1n) is 10.0. The Morgan fingerprint density at radius 3 is 2.55 bits per heavy atom. The van der Waals surface area contributed by atoms with E-state index in [4.69, 9.17) is 4.74 Å². The molecule has 2 N–H and O–H groups in total. The van der Waals surface area contributed by atoms with Gasteiger partial charge in [0, 0.05) is 22.6 Å². The van der Waals surface area contributed by atoms with Crippen LogP contribution >= 0.6 is 11.3 Å². The number of sulfonamides is 1. The van der Waals surface area contributed by atoms with E-state index in [0.29, 0.717) is 5.13 Å². The normalized spacial score (nSPS) is 13.1. The van der Waals surface area contributed by atoms with Crippen molar-refractivity contribution in [1.29, 1.82) is 0 Å². The maximum atomic E-state index is 12.8. The maximum absolute atomic E-state index is 12.8. The number of aryl methyl sites for hydroxylation is 2. The van der Waals surface area contributed by atoms with Gasteiger partial charge in [0.1, 0.15) is 5.75 Å². The van der Waals surface area contributed by atoms with Crippen molar-refractivity contribution in [2.45, 2.75) is 30.6 Å². The fourth-order valence-corrected chi connectivity index (χ4v) is 5.56. The minimum Gasteiger partial charge on any atom is -0.495 e. The van der Waals surface area contributed by atoms with Crippen LogP contribution in [0.4, 0.5) is 16.5 Å². The Kier molecular flexibility index (Phi) is 6.29. The molecular weight excluding hydrogens is 468 g/mol. The summed E-state index contributed by atoms with van der Waals surface area (Å²) in [6, 6.07) is 8.95. The van der Waals surface area contributed by atoms with E-state index in [1.54, 1.807) is 0 Å². The number of carbonyl (C=O) groups is 1. The molecular formula is C21H20N4O6S2. The summed E-state index contributed by atoms with van der Waals surface area (Å²) < 4.78 is 33.0. The number of nitro groups is 1. The maximum Gasteiger partial charge on any atom is 0.271 e. The summed E-state index contributed by atoms with van der Waals surface area (Å²) >= 11 is 1.46. The third-order valence-electron chi connectivity index (χ3n) is 5.13. The van der Waals surface area contributed by atoms with Gasteiger partial charge in [-0.15, -0.1) is 11.3 Å². The highest BCUT2D eigenvalue weighted by molar-refractivity contribution is 7.92. The molecule has 0 spiro atoms. The van der Waals surface area contributed by atoms with Gasteiger partial charge in [0.25, 0.3) is 21.6 Å². The highest BCUT2D eigenvalue weighted by atomic mass is 32.2. The number of carbonyl (C=O) groups excluding carboxylic acids is 1. The van der Waals surface area contributed by atoms with Crippen LogP contribution in [0.15, 0.2) is 47.4 Å². The number of nitro benzene ring substituents is 1. The van der Waals surface area contributed by atoms with Gasteiger partial charge in [-0.05, 0) is 56.0 Å². The minimum absolute atomic E-state index is 0.0683. The zero-order valence-electron chi connectivity index (χ0n) is 17.5. The second kappa shape index (κ2) is 9.16. The summed E-state index contributed by atoms with van der Waals surface area (Å²) in [6.07, 6.45) is 4.10. The molecule has 0 radical (unpaired) electrons. The lowest BCUT2D eigenvalue weighted by molar-refractivity contribution is -0.384. The molecule has 1 aliphatic carbocycles. The van der Waals surface area contributed by atoms with Gasteiger partial charge in [-0.1, -0.05) is 0 Å². The van der Waals surface area contributed by atoms with E-state index in [2.05, 4.69) is 15.0 Å². The van der Waals surface area contributed by atoms with Crippen molar-refractivity contribution in [3.8, 4) is 5.75 Å². The Hall–Kier alpha value is -3.51. The summed E-state index contributed by atoms with van der Waals surface area (Å²) in [5.74, 6) is -0.260. The van der Waals surface area contributed by atoms with E-state index >= 15 is 0 Å². The van der Waals surface area contributed by atoms with E-state index in [-0.39, 0.29) is 27.6 Å². The third kappa shape index (κ3) is 4.96. The van der Waals surface area contributed by atoms with Gasteiger partial charge in [0.05, 0.1) is 28.3 Å². The number of rotatable bonds is 7. The van der Waals surface area contributed by atoms with Crippen LogP contribution in [0.25, 0.3) is 0 Å². The van der Waals surface area contributed by atoms with Crippen LogP contribution < -0.4 is 14.8 Å². The summed E-state index contributed by atoms with van der Waals surface area (Å²) in [5.41, 5.74) is 0.950. The number of hydrogen-bond acceptors (Lipinski definition) is 8. The van der Waals surface area contributed by atoms with Crippen molar-refractivity contribution in [2.75, 3.05) is 17.1 Å². The molecule has 0 aliphatic heterocycles. The molecule has 1 amide bonds. The third-order valence-corrected chi connectivity index (χ3v) is 7.59. The largest absolute Gasteiger partial charge is 0.495 e. The van der Waals surface area contributed by atoms with Crippen molar-refractivity contribution in [1.82, 2.24) is 4.98 Å². The molecule has 33 heavy (non-hydrogen) atoms. The molecule has 1 aliphatic rings. The van der Waals surface area contributed by atoms with Crippen molar-refractivity contribution in [2.24, 2.45) is 0 Å². The van der Waals surface area contributed by atoms with E-state index in [9.17, 15) is 23.3 Å². The Bertz CT molecular complexity index is 1300. The highest BCUT2D eigenvalue weighted by Gasteiger charge is 2.21. The Morgan fingerprint density at radius 1 is 1.15 bits per heavy atom. The average Bonchev–Trinajstić information content (AvgIpc) is 3.21. The first-order chi connectivity index (χ1) is 15.8. The lowest BCUT2D eigenvalue weighted by atomic mass is 10.0. The van der Waals surface area contributed by atoms with Crippen LogP contribution in [0.3, 0.4) is 0 Å². The molecule has 10 nitrogen and oxygen atoms in total. The standard InChI is InChI=1S/C21H20N4O6S2/c1-31-18-11-8-14(25(27)28)12-17(18)24-33(29,30)15-9-6-13(7-10-15)20(26)23-21-22-16-4-2-3-5-19(16)32-21/h6-12,24H,2-5H2,1H3,(H,22,23,26). The van der Waals surface area contributed by atoms with Crippen molar-refractivity contribution in [3.05, 3.63) is 68.7 Å². The number of nitrogens with zero attached hydrogens (tertiary/aromatic N) is 2. The molecule has 3 aromatic rings. The van der Waals surface area contributed by atoms with Crippen molar-refractivity contribution in [3.63, 3.8) is 0 Å². The van der Waals surface area contributed by atoms with Crippen LogP contribution in [0.1, 0.15) is 33.8 Å². The number of benzene rings is 2. The fourth-order valence-electron chi connectivity index (χ4n) is 3.45. The number of aromatic nitrogens is 1. The Labute approximate surface area is 193 Å². The van der Waals surface area contributed by atoms with Gasteiger partial charge >= 0.3 is 0 Å². The van der Waals surface area contributed by atoms with Crippen LogP contribution in [-0.2, 0) is 22.9 Å². The lowest BCUT2D eigenvalue weighted by Crippen LogP contribution is -2.15. The quantitative estimate of drug-likeness (QED) is 0.378. The molecule has 2 aromatic carbocycles. The SMILES string of the molecule is COc1ccc([N+](=O)[O-])cc1NS(=O)(=O)c1ccc(C(=O)Nc2nc3c(s2)CCCC3)cc1. The molecule has 172 valence electrons. The number of ether oxygens (including phenoxy) is 1. The number of nitrogens with one attached hydrogen (secondary N) is 2. The molecule has 0 bridgehead atoms. The number of hydrogen-bond donors (Lipinski definition) is 2. The molecule has 1 aromatic heterocycles. The first-order valence-corrected chi connectivity index (χ1v) is 12.3. The topological polar surface area (TPSA) is 141 Å². The van der Waals surface area contributed by atoms with Crippen molar-refractivity contribution >= 4 is 43.8 Å². The fraction of sp³-hybridized carbons (Fsp3) is 0.238. The Morgan fingerprint density at radius 2 is 1.88 bits per heavy atom. The van der Waals surface area contributed by atoms with Gasteiger partial charge in [-0.3, -0.25) is 24.9 Å². The molecule has 0 fully saturated rings. The predicted octanol–water partition coefficient (Wildman–Crippen LogP) is 3.99. The van der Waals surface area contributed by atoms with Crippen LogP contribution in [0.5, 0.6) is 5.75 Å². The van der Waals surface area contributed by atoms with E-state index in [0.717, 1.165) is 37.4 Å². The molecule has 0 unspecified atom stereocenters. The monoisotopic (exact) mass is 488 g/mol. The zero-order valence-corrected chi connectivity index (χ0v) is 19.2. The lowest BCUT2D eigenvalue weighted by Gasteiger charge is -2.12. The van der Waals surface area contributed by atoms with E-state index in [1.807, 2.05) is 0 Å². The van der Waals surface area contributed by atoms with Gasteiger partial charge < -0.3 is 4.74 Å². The number of thiazole rings is 1. The smallest absolute Gasteiger partial charge is 0.271 e. The molecule has 0 atom stereocenters. The first kappa shape index (κ1) is 22.7.